The number of rotatable bonds is 6. The summed E-state index contributed by atoms with van der Waals surface area (Å²) < 4.78 is 5.87. The number of nitrogens with one attached hydrogen (secondary N) is 2. The molecule has 10 nitrogen and oxygen atoms in total. The van der Waals surface area contributed by atoms with E-state index in [0.717, 1.165) is 10.5 Å². The number of carbonyl (C=O) groups is 5. The van der Waals surface area contributed by atoms with Crippen LogP contribution in [0.3, 0.4) is 0 Å². The van der Waals surface area contributed by atoms with Gasteiger partial charge in [0.1, 0.15) is 18.4 Å². The molecular formula is C27H22N4O6. The number of para-hydroxylation sites is 2. The van der Waals surface area contributed by atoms with Crippen molar-refractivity contribution < 1.29 is 28.7 Å². The van der Waals surface area contributed by atoms with E-state index in [2.05, 4.69) is 10.6 Å². The Morgan fingerprint density at radius 2 is 1.73 bits per heavy atom. The van der Waals surface area contributed by atoms with Crippen molar-refractivity contribution in [3.05, 3.63) is 89.0 Å². The predicted octanol–water partition coefficient (Wildman–Crippen LogP) is 2.50. The maximum atomic E-state index is 13.2. The summed E-state index contributed by atoms with van der Waals surface area (Å²) in [5.41, 5.74) is 8.22. The first-order valence-electron chi connectivity index (χ1n) is 11.6. The van der Waals surface area contributed by atoms with Gasteiger partial charge in [0, 0.05) is 12.0 Å². The lowest BCUT2D eigenvalue weighted by Gasteiger charge is -2.27. The summed E-state index contributed by atoms with van der Waals surface area (Å²) in [6.07, 6.45) is 0.114. The molecule has 0 saturated carbocycles. The van der Waals surface area contributed by atoms with E-state index in [1.165, 1.54) is 6.07 Å². The topological polar surface area (TPSA) is 148 Å². The van der Waals surface area contributed by atoms with Crippen LogP contribution in [0.5, 0.6) is 5.75 Å². The van der Waals surface area contributed by atoms with Crippen molar-refractivity contribution in [2.45, 2.75) is 25.5 Å². The molecule has 1 atom stereocenters. The second-order valence-electron chi connectivity index (χ2n) is 8.65. The van der Waals surface area contributed by atoms with E-state index in [-0.39, 0.29) is 42.2 Å². The average molecular weight is 498 g/mol. The number of carbonyl (C=O) groups excluding carboxylic acids is 5. The zero-order valence-corrected chi connectivity index (χ0v) is 19.5. The highest BCUT2D eigenvalue weighted by Crippen LogP contribution is 2.34. The molecule has 0 radical (unpaired) electrons. The Morgan fingerprint density at radius 3 is 2.46 bits per heavy atom. The first-order chi connectivity index (χ1) is 17.8. The quantitative estimate of drug-likeness (QED) is 0.349. The monoisotopic (exact) mass is 498 g/mol. The number of benzene rings is 3. The van der Waals surface area contributed by atoms with Gasteiger partial charge in [-0.3, -0.25) is 34.2 Å². The molecular weight excluding hydrogens is 476 g/mol. The van der Waals surface area contributed by atoms with Crippen molar-refractivity contribution >= 4 is 40.9 Å². The summed E-state index contributed by atoms with van der Waals surface area (Å²) in [7, 11) is 0. The third kappa shape index (κ3) is 4.52. The maximum Gasteiger partial charge on any atom is 0.266 e. The molecule has 3 aromatic carbocycles. The first kappa shape index (κ1) is 23.7. The molecule has 2 aliphatic rings. The molecule has 4 N–H and O–H groups in total. The minimum absolute atomic E-state index is 0.0416. The lowest BCUT2D eigenvalue weighted by molar-refractivity contribution is -0.136. The Bertz CT molecular complexity index is 1450. The number of nitrogens with two attached hydrogens (primary N) is 1. The number of anilines is 2. The highest BCUT2D eigenvalue weighted by atomic mass is 16.5. The van der Waals surface area contributed by atoms with Gasteiger partial charge in [0.2, 0.25) is 11.8 Å². The molecule has 0 aromatic heterocycles. The Kier molecular flexibility index (Phi) is 6.14. The molecule has 2 aliphatic heterocycles. The van der Waals surface area contributed by atoms with Crippen molar-refractivity contribution in [2.24, 2.45) is 0 Å². The summed E-state index contributed by atoms with van der Waals surface area (Å²) in [6, 6.07) is 17.3. The summed E-state index contributed by atoms with van der Waals surface area (Å²) in [5.74, 6) is -2.47. The summed E-state index contributed by atoms with van der Waals surface area (Å²) in [5, 5.41) is 4.94. The second-order valence-corrected chi connectivity index (χ2v) is 8.65. The van der Waals surface area contributed by atoms with Crippen LogP contribution in [0.4, 0.5) is 11.4 Å². The van der Waals surface area contributed by atoms with Gasteiger partial charge in [-0.1, -0.05) is 30.3 Å². The third-order valence-electron chi connectivity index (χ3n) is 6.25. The SMILES string of the molecule is Nc1ccccc1NC(=O)c1ccc(COc2cccc3c2C(=O)N(C2CCC(=O)NC2=O)C3=O)cc1. The molecule has 3 aromatic rings. The van der Waals surface area contributed by atoms with E-state index < -0.39 is 29.7 Å². The van der Waals surface area contributed by atoms with E-state index in [9.17, 15) is 24.0 Å². The molecule has 186 valence electrons. The van der Waals surface area contributed by atoms with Crippen molar-refractivity contribution in [1.82, 2.24) is 10.2 Å². The number of hydrogen-bond donors (Lipinski definition) is 3. The molecule has 1 saturated heterocycles. The van der Waals surface area contributed by atoms with Gasteiger partial charge < -0.3 is 15.8 Å². The Labute approximate surface area is 211 Å². The van der Waals surface area contributed by atoms with E-state index in [1.54, 1.807) is 60.7 Å². The molecule has 5 amide bonds. The minimum atomic E-state index is -1.05. The fourth-order valence-corrected chi connectivity index (χ4v) is 4.32. The van der Waals surface area contributed by atoms with Gasteiger partial charge in [-0.25, -0.2) is 0 Å². The van der Waals surface area contributed by atoms with Crippen molar-refractivity contribution in [3.63, 3.8) is 0 Å². The molecule has 0 bridgehead atoms. The lowest BCUT2D eigenvalue weighted by atomic mass is 10.0. The Balaban J connectivity index is 1.28. The van der Waals surface area contributed by atoms with E-state index >= 15 is 0 Å². The van der Waals surface area contributed by atoms with Gasteiger partial charge in [0.05, 0.1) is 22.5 Å². The molecule has 5 rings (SSSR count). The van der Waals surface area contributed by atoms with Gasteiger partial charge in [-0.05, 0) is 48.4 Å². The van der Waals surface area contributed by atoms with E-state index in [1.807, 2.05) is 0 Å². The predicted molar refractivity (Wildman–Crippen MR) is 133 cm³/mol. The summed E-state index contributed by atoms with van der Waals surface area (Å²) in [6.45, 7) is 0.0733. The molecule has 0 aliphatic carbocycles. The van der Waals surface area contributed by atoms with Crippen LogP contribution in [0.2, 0.25) is 0 Å². The van der Waals surface area contributed by atoms with Crippen LogP contribution in [0.1, 0.15) is 49.5 Å². The number of ether oxygens (including phenoxy) is 1. The number of piperidine rings is 1. The summed E-state index contributed by atoms with van der Waals surface area (Å²) in [4.78, 5) is 63.3. The van der Waals surface area contributed by atoms with Crippen LogP contribution >= 0.6 is 0 Å². The summed E-state index contributed by atoms with van der Waals surface area (Å²) >= 11 is 0. The van der Waals surface area contributed by atoms with Crippen LogP contribution in [0.15, 0.2) is 66.7 Å². The minimum Gasteiger partial charge on any atom is -0.488 e. The molecule has 37 heavy (non-hydrogen) atoms. The fraction of sp³-hybridized carbons (Fsp3) is 0.148. The normalized spacial score (nSPS) is 16.9. The van der Waals surface area contributed by atoms with Crippen molar-refractivity contribution in [3.8, 4) is 5.75 Å². The van der Waals surface area contributed by atoms with E-state index in [0.29, 0.717) is 16.9 Å². The largest absolute Gasteiger partial charge is 0.488 e. The van der Waals surface area contributed by atoms with Crippen LogP contribution in [0, 0.1) is 0 Å². The van der Waals surface area contributed by atoms with Crippen LogP contribution < -0.4 is 21.1 Å². The van der Waals surface area contributed by atoms with Crippen molar-refractivity contribution in [1.29, 1.82) is 0 Å². The number of nitrogens with zero attached hydrogens (tertiary/aromatic N) is 1. The Morgan fingerprint density at radius 1 is 0.973 bits per heavy atom. The van der Waals surface area contributed by atoms with Gasteiger partial charge in [-0.15, -0.1) is 0 Å². The van der Waals surface area contributed by atoms with Gasteiger partial charge >= 0.3 is 0 Å². The smallest absolute Gasteiger partial charge is 0.266 e. The van der Waals surface area contributed by atoms with Crippen molar-refractivity contribution in [2.75, 3.05) is 11.1 Å². The first-order valence-corrected chi connectivity index (χ1v) is 11.6. The van der Waals surface area contributed by atoms with Gasteiger partial charge in [-0.2, -0.15) is 0 Å². The maximum absolute atomic E-state index is 13.2. The second kappa shape index (κ2) is 9.57. The standard InChI is InChI=1S/C27H22N4O6/c28-18-5-1-2-6-19(18)29-24(33)16-10-8-15(9-11-16)14-37-21-7-3-4-17-23(21)27(36)31(26(17)35)20-12-13-22(32)30-25(20)34/h1-11,20H,12-14,28H2,(H,29,33)(H,30,32,34). The molecule has 2 heterocycles. The van der Waals surface area contributed by atoms with Crippen LogP contribution in [-0.2, 0) is 16.2 Å². The zero-order chi connectivity index (χ0) is 26.1. The average Bonchev–Trinajstić information content (AvgIpc) is 3.15. The highest BCUT2D eigenvalue weighted by Gasteiger charge is 2.46. The van der Waals surface area contributed by atoms with Gasteiger partial charge in [0.15, 0.2) is 0 Å². The number of amides is 5. The van der Waals surface area contributed by atoms with Crippen LogP contribution in [-0.4, -0.2) is 40.5 Å². The molecule has 1 unspecified atom stereocenters. The van der Waals surface area contributed by atoms with Gasteiger partial charge in [0.25, 0.3) is 17.7 Å². The third-order valence-corrected chi connectivity index (χ3v) is 6.25. The Hall–Kier alpha value is -4.99. The number of imide groups is 2. The number of hydrogen-bond acceptors (Lipinski definition) is 7. The lowest BCUT2D eigenvalue weighted by Crippen LogP contribution is -2.54. The highest BCUT2D eigenvalue weighted by molar-refractivity contribution is 6.24. The van der Waals surface area contributed by atoms with Crippen LogP contribution in [0.25, 0.3) is 0 Å². The van der Waals surface area contributed by atoms with E-state index in [4.69, 9.17) is 10.5 Å². The fourth-order valence-electron chi connectivity index (χ4n) is 4.32. The molecule has 10 heteroatoms. The number of nitrogen functional groups attached to an aromatic ring is 1. The number of fused-ring (bicyclic) bond motifs is 1. The zero-order valence-electron chi connectivity index (χ0n) is 19.5. The molecule has 1 fully saturated rings. The molecule has 0 spiro atoms.